The molecule has 1 saturated heterocycles. The van der Waals surface area contributed by atoms with Gasteiger partial charge in [0.25, 0.3) is 5.91 Å². The summed E-state index contributed by atoms with van der Waals surface area (Å²) in [5.41, 5.74) is 5.84. The quantitative estimate of drug-likeness (QED) is 0.481. The molecule has 6 nitrogen and oxygen atoms in total. The van der Waals surface area contributed by atoms with Crippen LogP contribution in [0.25, 0.3) is 16.3 Å². The summed E-state index contributed by atoms with van der Waals surface area (Å²) < 4.78 is 2.29. The van der Waals surface area contributed by atoms with Crippen molar-refractivity contribution in [2.45, 2.75) is 25.3 Å². The number of H-pyrrole nitrogens is 1. The monoisotopic (exact) mass is 429 g/mol. The molecule has 6 rings (SSSR count). The molecule has 1 fully saturated rings. The molecule has 31 heavy (non-hydrogen) atoms. The minimum Gasteiger partial charge on any atom is -0.372 e. The summed E-state index contributed by atoms with van der Waals surface area (Å²) in [5.74, 6) is 0.0120. The Morgan fingerprint density at radius 3 is 2.74 bits per heavy atom. The normalized spacial score (nSPS) is 16.6. The van der Waals surface area contributed by atoms with Gasteiger partial charge in [0, 0.05) is 30.5 Å². The molecule has 4 aromatic rings. The van der Waals surface area contributed by atoms with Gasteiger partial charge in [-0.05, 0) is 55.5 Å². The number of hydrogen-bond acceptors (Lipinski definition) is 4. The lowest BCUT2D eigenvalue weighted by Crippen LogP contribution is -2.51. The molecule has 0 aliphatic carbocycles. The number of nitrogens with one attached hydrogen (secondary N) is 2. The third kappa shape index (κ3) is 2.76. The molecule has 0 unspecified atom stereocenters. The van der Waals surface area contributed by atoms with Crippen molar-refractivity contribution < 1.29 is 4.79 Å². The van der Waals surface area contributed by atoms with Crippen LogP contribution in [-0.2, 0) is 5.54 Å². The van der Waals surface area contributed by atoms with Crippen molar-refractivity contribution in [3.05, 3.63) is 77.1 Å². The zero-order valence-electron chi connectivity index (χ0n) is 17.3. The fraction of sp³-hybridized carbons (Fsp3) is 0.250. The van der Waals surface area contributed by atoms with Gasteiger partial charge >= 0.3 is 0 Å². The summed E-state index contributed by atoms with van der Waals surface area (Å²) in [6, 6.07) is 16.8. The molecule has 3 aromatic heterocycles. The van der Waals surface area contributed by atoms with Crippen molar-refractivity contribution in [3.63, 3.8) is 0 Å². The van der Waals surface area contributed by atoms with Crippen LogP contribution in [0.15, 0.2) is 60.1 Å². The van der Waals surface area contributed by atoms with Crippen molar-refractivity contribution in [2.75, 3.05) is 18.4 Å². The molecule has 1 aromatic carbocycles. The maximum absolute atomic E-state index is 13.3. The topological polar surface area (TPSA) is 66.0 Å². The van der Waals surface area contributed by atoms with E-state index in [0.29, 0.717) is 18.8 Å². The Labute approximate surface area is 184 Å². The number of para-hydroxylation sites is 2. The Kier molecular flexibility index (Phi) is 4.08. The van der Waals surface area contributed by atoms with Crippen LogP contribution in [0, 0.1) is 6.92 Å². The van der Waals surface area contributed by atoms with Crippen LogP contribution in [0.5, 0.6) is 0 Å². The molecule has 0 radical (unpaired) electrons. The second-order valence-electron chi connectivity index (χ2n) is 8.33. The van der Waals surface area contributed by atoms with Crippen LogP contribution in [0.3, 0.4) is 0 Å². The number of aromatic nitrogens is 3. The molecule has 7 heteroatoms. The Morgan fingerprint density at radius 2 is 1.94 bits per heavy atom. The van der Waals surface area contributed by atoms with Crippen LogP contribution in [0.1, 0.15) is 34.6 Å². The predicted octanol–water partition coefficient (Wildman–Crippen LogP) is 4.79. The van der Waals surface area contributed by atoms with E-state index in [0.717, 1.165) is 34.7 Å². The van der Waals surface area contributed by atoms with Crippen molar-refractivity contribution in [2.24, 2.45) is 0 Å². The lowest BCUT2D eigenvalue weighted by molar-refractivity contribution is 0.0669. The number of piperidine rings is 1. The van der Waals surface area contributed by atoms with Gasteiger partial charge in [-0.15, -0.1) is 11.3 Å². The fourth-order valence-electron chi connectivity index (χ4n) is 4.98. The molecule has 0 saturated carbocycles. The largest absolute Gasteiger partial charge is 0.372 e. The highest BCUT2D eigenvalue weighted by atomic mass is 32.1. The van der Waals surface area contributed by atoms with Gasteiger partial charge in [-0.25, -0.2) is 0 Å². The van der Waals surface area contributed by atoms with Gasteiger partial charge in [-0.2, -0.15) is 5.10 Å². The van der Waals surface area contributed by atoms with Gasteiger partial charge in [-0.1, -0.05) is 18.2 Å². The predicted molar refractivity (Wildman–Crippen MR) is 123 cm³/mol. The van der Waals surface area contributed by atoms with E-state index in [9.17, 15) is 4.79 Å². The molecule has 2 N–H and O–H groups in total. The first-order valence-corrected chi connectivity index (χ1v) is 11.5. The molecule has 2 aliphatic rings. The Hall–Kier alpha value is -3.32. The molecule has 0 atom stereocenters. The summed E-state index contributed by atoms with van der Waals surface area (Å²) in [6.45, 7) is 3.36. The van der Waals surface area contributed by atoms with Crippen molar-refractivity contribution in [1.82, 2.24) is 19.7 Å². The summed E-state index contributed by atoms with van der Waals surface area (Å²) in [4.78, 5) is 16.3. The Morgan fingerprint density at radius 1 is 1.10 bits per heavy atom. The minimum atomic E-state index is -0.155. The first kappa shape index (κ1) is 18.4. The number of amides is 1. The molecule has 156 valence electrons. The SMILES string of the molecule is Cc1c(C(=O)N2CCC3(CC2)Nc2ccccc2-n2cccc23)n[nH]c1-c1cccs1. The number of nitrogens with zero attached hydrogens (tertiary/aromatic N) is 3. The highest BCUT2D eigenvalue weighted by Crippen LogP contribution is 2.43. The maximum Gasteiger partial charge on any atom is 0.274 e. The molecular formula is C24H23N5OS. The lowest BCUT2D eigenvalue weighted by atomic mass is 9.82. The Bertz CT molecular complexity index is 1260. The van der Waals surface area contributed by atoms with Gasteiger partial charge < -0.3 is 14.8 Å². The first-order valence-electron chi connectivity index (χ1n) is 10.6. The Balaban J connectivity index is 1.25. The number of hydrogen-bond donors (Lipinski definition) is 2. The zero-order chi connectivity index (χ0) is 21.0. The summed E-state index contributed by atoms with van der Waals surface area (Å²) in [5, 5.41) is 13.3. The summed E-state index contributed by atoms with van der Waals surface area (Å²) in [7, 11) is 0. The number of anilines is 1. The molecule has 1 amide bonds. The highest BCUT2D eigenvalue weighted by molar-refractivity contribution is 7.13. The number of likely N-dealkylation sites (tertiary alicyclic amines) is 1. The number of fused-ring (bicyclic) bond motifs is 4. The number of carbonyl (C=O) groups is 1. The van der Waals surface area contributed by atoms with E-state index >= 15 is 0 Å². The van der Waals surface area contributed by atoms with Crippen LogP contribution < -0.4 is 5.32 Å². The van der Waals surface area contributed by atoms with E-state index in [1.165, 1.54) is 11.4 Å². The second kappa shape index (κ2) is 6.85. The van der Waals surface area contributed by atoms with Crippen LogP contribution >= 0.6 is 11.3 Å². The van der Waals surface area contributed by atoms with Gasteiger partial charge in [-0.3, -0.25) is 9.89 Å². The van der Waals surface area contributed by atoms with Gasteiger partial charge in [0.1, 0.15) is 0 Å². The minimum absolute atomic E-state index is 0.0120. The van der Waals surface area contributed by atoms with Crippen molar-refractivity contribution in [1.29, 1.82) is 0 Å². The van der Waals surface area contributed by atoms with Crippen LogP contribution in [-0.4, -0.2) is 38.7 Å². The summed E-state index contributed by atoms with van der Waals surface area (Å²) in [6.07, 6.45) is 3.85. The van der Waals surface area contributed by atoms with Gasteiger partial charge in [0.05, 0.1) is 27.5 Å². The van der Waals surface area contributed by atoms with E-state index in [2.05, 4.69) is 62.7 Å². The van der Waals surface area contributed by atoms with E-state index < -0.39 is 0 Å². The second-order valence-corrected chi connectivity index (χ2v) is 9.28. The summed E-state index contributed by atoms with van der Waals surface area (Å²) >= 11 is 1.65. The number of aromatic amines is 1. The van der Waals surface area contributed by atoms with Gasteiger partial charge in [0.15, 0.2) is 5.69 Å². The molecule has 2 aliphatic heterocycles. The van der Waals surface area contributed by atoms with E-state index in [-0.39, 0.29) is 11.4 Å². The van der Waals surface area contributed by atoms with Gasteiger partial charge in [0.2, 0.25) is 0 Å². The van der Waals surface area contributed by atoms with E-state index in [1.54, 1.807) is 11.3 Å². The highest BCUT2D eigenvalue weighted by Gasteiger charge is 2.42. The third-order valence-electron chi connectivity index (χ3n) is 6.66. The van der Waals surface area contributed by atoms with Crippen molar-refractivity contribution in [3.8, 4) is 16.3 Å². The first-order chi connectivity index (χ1) is 15.2. The standard InChI is InChI=1S/C24H23N5OS/c1-16-21(19-8-5-15-31-19)26-27-22(16)23(30)28-13-10-24(11-14-28)20-9-4-12-29(20)18-7-3-2-6-17(18)25-24/h2-9,12,15,25H,10-11,13-14H2,1H3,(H,26,27). The number of carbonyl (C=O) groups excluding carboxylic acids is 1. The molecule has 1 spiro atoms. The zero-order valence-corrected chi connectivity index (χ0v) is 18.1. The lowest BCUT2D eigenvalue weighted by Gasteiger charge is -2.46. The molecule has 0 bridgehead atoms. The molecular weight excluding hydrogens is 406 g/mol. The fourth-order valence-corrected chi connectivity index (χ4v) is 5.76. The number of benzene rings is 1. The van der Waals surface area contributed by atoms with Crippen LogP contribution in [0.4, 0.5) is 5.69 Å². The molecule has 5 heterocycles. The third-order valence-corrected chi connectivity index (χ3v) is 7.55. The average Bonchev–Trinajstić information content (AvgIpc) is 3.55. The number of thiophene rings is 1. The van der Waals surface area contributed by atoms with E-state index in [4.69, 9.17) is 0 Å². The maximum atomic E-state index is 13.3. The van der Waals surface area contributed by atoms with Crippen molar-refractivity contribution >= 4 is 22.9 Å². The smallest absolute Gasteiger partial charge is 0.274 e. The van der Waals surface area contributed by atoms with E-state index in [1.807, 2.05) is 29.3 Å². The number of rotatable bonds is 2. The van der Waals surface area contributed by atoms with Crippen LogP contribution in [0.2, 0.25) is 0 Å². The average molecular weight is 430 g/mol.